The summed E-state index contributed by atoms with van der Waals surface area (Å²) in [5.41, 5.74) is 12.8. The molecular formula is C18H20F3N7. The second kappa shape index (κ2) is 7.27. The highest BCUT2D eigenvalue weighted by atomic mass is 19.2. The summed E-state index contributed by atoms with van der Waals surface area (Å²) < 4.78 is 43.2. The molecule has 28 heavy (non-hydrogen) atoms. The van der Waals surface area contributed by atoms with E-state index in [2.05, 4.69) is 15.1 Å². The molecule has 2 aromatic heterocycles. The molecule has 10 heteroatoms. The molecular weight excluding hydrogens is 371 g/mol. The third-order valence-corrected chi connectivity index (χ3v) is 5.27. The second-order valence-corrected chi connectivity index (χ2v) is 6.98. The van der Waals surface area contributed by atoms with Crippen molar-refractivity contribution < 1.29 is 13.2 Å². The van der Waals surface area contributed by atoms with Gasteiger partial charge in [-0.15, -0.1) is 0 Å². The zero-order valence-corrected chi connectivity index (χ0v) is 15.1. The van der Waals surface area contributed by atoms with Crippen LogP contribution in [0.5, 0.6) is 0 Å². The monoisotopic (exact) mass is 391 g/mol. The number of piperidine rings is 1. The first-order valence-electron chi connectivity index (χ1n) is 9.05. The number of halogens is 3. The molecule has 1 aromatic carbocycles. The van der Waals surface area contributed by atoms with Gasteiger partial charge < -0.3 is 11.5 Å². The van der Waals surface area contributed by atoms with Gasteiger partial charge in [0.15, 0.2) is 17.3 Å². The van der Waals surface area contributed by atoms with Crippen LogP contribution in [0, 0.1) is 17.5 Å². The minimum Gasteiger partial charge on any atom is -0.383 e. The fourth-order valence-corrected chi connectivity index (χ4v) is 3.82. The van der Waals surface area contributed by atoms with Crippen molar-refractivity contribution in [3.05, 3.63) is 47.0 Å². The first kappa shape index (κ1) is 18.5. The van der Waals surface area contributed by atoms with Crippen molar-refractivity contribution in [1.29, 1.82) is 0 Å². The SMILES string of the molecule is Nc1nc(N)n2ncnc2c1CC1CCCCN1Cc1c(F)ccc(F)c1F. The smallest absolute Gasteiger partial charge is 0.225 e. The number of anilines is 2. The van der Waals surface area contributed by atoms with Crippen LogP contribution in [-0.4, -0.2) is 37.1 Å². The summed E-state index contributed by atoms with van der Waals surface area (Å²) in [7, 11) is 0. The van der Waals surface area contributed by atoms with Crippen LogP contribution in [0.1, 0.15) is 30.4 Å². The van der Waals surface area contributed by atoms with Crippen molar-refractivity contribution in [2.24, 2.45) is 0 Å². The number of nitrogens with two attached hydrogens (primary N) is 2. The Morgan fingerprint density at radius 2 is 1.86 bits per heavy atom. The lowest BCUT2D eigenvalue weighted by Crippen LogP contribution is -2.41. The Morgan fingerprint density at radius 1 is 1.07 bits per heavy atom. The topological polar surface area (TPSA) is 98.4 Å². The Kier molecular flexibility index (Phi) is 4.80. The molecule has 1 unspecified atom stereocenters. The molecule has 1 atom stereocenters. The Balaban J connectivity index is 1.64. The van der Waals surface area contributed by atoms with Crippen LogP contribution in [0.2, 0.25) is 0 Å². The molecule has 0 spiro atoms. The minimum atomic E-state index is -1.14. The van der Waals surface area contributed by atoms with E-state index in [1.807, 2.05) is 4.90 Å². The first-order valence-corrected chi connectivity index (χ1v) is 9.05. The maximum Gasteiger partial charge on any atom is 0.225 e. The van der Waals surface area contributed by atoms with Crippen molar-refractivity contribution in [2.75, 3.05) is 18.0 Å². The van der Waals surface area contributed by atoms with E-state index in [1.165, 1.54) is 10.8 Å². The van der Waals surface area contributed by atoms with Gasteiger partial charge in [0.25, 0.3) is 0 Å². The standard InChI is InChI=1S/C18H20F3N7/c19-13-4-5-14(20)15(21)12(13)8-27-6-2-1-3-10(27)7-11-16(22)26-18(23)28-17(11)24-9-25-28/h4-5,9-10H,1-3,6-8,22H2,(H2,23,26). The number of aromatic nitrogens is 4. The van der Waals surface area contributed by atoms with E-state index in [1.54, 1.807) is 0 Å². The molecule has 148 valence electrons. The number of rotatable bonds is 4. The Hall–Kier alpha value is -2.88. The molecule has 1 aliphatic rings. The normalized spacial score (nSPS) is 18.0. The summed E-state index contributed by atoms with van der Waals surface area (Å²) in [6.45, 7) is 0.622. The molecule has 3 heterocycles. The van der Waals surface area contributed by atoms with E-state index >= 15 is 0 Å². The Labute approximate surface area is 159 Å². The largest absolute Gasteiger partial charge is 0.383 e. The van der Waals surface area contributed by atoms with E-state index in [0.29, 0.717) is 24.2 Å². The number of benzene rings is 1. The fourth-order valence-electron chi connectivity index (χ4n) is 3.82. The molecule has 1 saturated heterocycles. The van der Waals surface area contributed by atoms with Gasteiger partial charge in [-0.25, -0.2) is 18.2 Å². The van der Waals surface area contributed by atoms with Gasteiger partial charge in [-0.1, -0.05) is 6.42 Å². The lowest BCUT2D eigenvalue weighted by molar-refractivity contribution is 0.135. The summed E-state index contributed by atoms with van der Waals surface area (Å²) in [5.74, 6) is -2.55. The lowest BCUT2D eigenvalue weighted by Gasteiger charge is -2.36. The summed E-state index contributed by atoms with van der Waals surface area (Å²) in [5, 5.41) is 4.04. The maximum absolute atomic E-state index is 14.1. The average molecular weight is 391 g/mol. The van der Waals surface area contributed by atoms with Crippen molar-refractivity contribution in [3.63, 3.8) is 0 Å². The number of fused-ring (bicyclic) bond motifs is 1. The molecule has 0 radical (unpaired) electrons. The van der Waals surface area contributed by atoms with Gasteiger partial charge in [0.2, 0.25) is 5.95 Å². The van der Waals surface area contributed by atoms with Gasteiger partial charge >= 0.3 is 0 Å². The summed E-state index contributed by atoms with van der Waals surface area (Å²) >= 11 is 0. The fraction of sp³-hybridized carbons (Fsp3) is 0.389. The molecule has 3 aromatic rings. The molecule has 1 aliphatic heterocycles. The van der Waals surface area contributed by atoms with Gasteiger partial charge in [-0.2, -0.15) is 14.6 Å². The van der Waals surface area contributed by atoms with Crippen LogP contribution in [0.25, 0.3) is 5.65 Å². The quantitative estimate of drug-likeness (QED) is 0.663. The Bertz CT molecular complexity index is 1020. The van der Waals surface area contributed by atoms with E-state index in [-0.39, 0.29) is 29.9 Å². The van der Waals surface area contributed by atoms with Crippen molar-refractivity contribution in [1.82, 2.24) is 24.5 Å². The van der Waals surface area contributed by atoms with E-state index in [0.717, 1.165) is 31.4 Å². The summed E-state index contributed by atoms with van der Waals surface area (Å²) in [6.07, 6.45) is 4.51. The zero-order valence-electron chi connectivity index (χ0n) is 15.1. The lowest BCUT2D eigenvalue weighted by atomic mass is 9.95. The van der Waals surface area contributed by atoms with Crippen LogP contribution in [0.4, 0.5) is 24.9 Å². The van der Waals surface area contributed by atoms with Crippen molar-refractivity contribution >= 4 is 17.4 Å². The predicted molar refractivity (Wildman–Crippen MR) is 97.7 cm³/mol. The van der Waals surface area contributed by atoms with Gasteiger partial charge in [-0.05, 0) is 37.9 Å². The molecule has 1 fully saturated rings. The molecule has 4 N–H and O–H groups in total. The summed E-state index contributed by atoms with van der Waals surface area (Å²) in [6, 6.07) is 1.70. The molecule has 0 amide bonds. The van der Waals surface area contributed by atoms with Gasteiger partial charge in [0, 0.05) is 23.7 Å². The molecule has 7 nitrogen and oxygen atoms in total. The molecule has 0 saturated carbocycles. The number of nitrogen functional groups attached to an aromatic ring is 2. The highest BCUT2D eigenvalue weighted by molar-refractivity contribution is 5.61. The predicted octanol–water partition coefficient (Wildman–Crippen LogP) is 2.30. The van der Waals surface area contributed by atoms with Crippen LogP contribution in [0.3, 0.4) is 0 Å². The third kappa shape index (κ3) is 3.24. The second-order valence-electron chi connectivity index (χ2n) is 6.98. The van der Waals surface area contributed by atoms with E-state index in [4.69, 9.17) is 11.5 Å². The van der Waals surface area contributed by atoms with Gasteiger partial charge in [0.1, 0.15) is 18.0 Å². The highest BCUT2D eigenvalue weighted by Gasteiger charge is 2.28. The van der Waals surface area contributed by atoms with Crippen LogP contribution in [-0.2, 0) is 13.0 Å². The van der Waals surface area contributed by atoms with Crippen molar-refractivity contribution in [3.8, 4) is 0 Å². The van der Waals surface area contributed by atoms with Crippen molar-refractivity contribution in [2.45, 2.75) is 38.3 Å². The summed E-state index contributed by atoms with van der Waals surface area (Å²) in [4.78, 5) is 10.3. The minimum absolute atomic E-state index is 0.0224. The van der Waals surface area contributed by atoms with E-state index in [9.17, 15) is 13.2 Å². The van der Waals surface area contributed by atoms with Gasteiger partial charge in [-0.3, -0.25) is 4.90 Å². The van der Waals surface area contributed by atoms with E-state index < -0.39 is 17.5 Å². The third-order valence-electron chi connectivity index (χ3n) is 5.27. The maximum atomic E-state index is 14.1. The van der Waals surface area contributed by atoms with Crippen LogP contribution < -0.4 is 11.5 Å². The zero-order chi connectivity index (χ0) is 19.8. The number of likely N-dealkylation sites (tertiary alicyclic amines) is 1. The molecule has 4 rings (SSSR count). The highest BCUT2D eigenvalue weighted by Crippen LogP contribution is 2.28. The average Bonchev–Trinajstić information content (AvgIpc) is 3.17. The van der Waals surface area contributed by atoms with Crippen LogP contribution >= 0.6 is 0 Å². The van der Waals surface area contributed by atoms with Crippen LogP contribution in [0.15, 0.2) is 18.5 Å². The Morgan fingerprint density at radius 3 is 2.68 bits per heavy atom. The number of hydrogen-bond acceptors (Lipinski definition) is 6. The molecule has 0 aliphatic carbocycles. The van der Waals surface area contributed by atoms with Gasteiger partial charge in [0.05, 0.1) is 0 Å². The number of hydrogen-bond donors (Lipinski definition) is 2. The number of nitrogens with zero attached hydrogens (tertiary/aromatic N) is 5. The first-order chi connectivity index (χ1) is 13.5. The molecule has 0 bridgehead atoms.